The monoisotopic (exact) mass is 410 g/mol. The highest BCUT2D eigenvalue weighted by Crippen LogP contribution is 2.35. The lowest BCUT2D eigenvalue weighted by Crippen LogP contribution is -2.51. The van der Waals surface area contributed by atoms with Gasteiger partial charge in [0.2, 0.25) is 15.9 Å². The molecule has 1 aromatic carbocycles. The number of carbonyl (C=O) groups is 1. The van der Waals surface area contributed by atoms with Gasteiger partial charge in [0.15, 0.2) is 0 Å². The fourth-order valence-electron chi connectivity index (χ4n) is 4.07. The van der Waals surface area contributed by atoms with E-state index in [9.17, 15) is 13.2 Å². The van der Waals surface area contributed by atoms with E-state index in [1.165, 1.54) is 4.31 Å². The van der Waals surface area contributed by atoms with Crippen molar-refractivity contribution in [2.75, 3.05) is 38.6 Å². The van der Waals surface area contributed by atoms with Crippen LogP contribution in [-0.2, 0) is 29.7 Å². The van der Waals surface area contributed by atoms with Gasteiger partial charge in [0, 0.05) is 32.8 Å². The van der Waals surface area contributed by atoms with Crippen LogP contribution in [0.3, 0.4) is 0 Å². The van der Waals surface area contributed by atoms with Gasteiger partial charge >= 0.3 is 0 Å². The Morgan fingerprint density at radius 1 is 1.14 bits per heavy atom. The molecule has 1 amide bonds. The second-order valence-electron chi connectivity index (χ2n) is 7.71. The Kier molecular flexibility index (Phi) is 6.75. The van der Waals surface area contributed by atoms with Crippen LogP contribution in [0.2, 0.25) is 0 Å². The standard InChI is InChI=1S/C20H30N2O5S/c1-16-14-22(15-17(2)27-16)28(24,25)13-10-21-19(23)20(8-11-26-12-9-20)18-6-4-3-5-7-18/h3-7,16-17H,8-15H2,1-2H3,(H,21,23)/t16-,17-/m0/s1. The zero-order chi connectivity index (χ0) is 20.2. The van der Waals surface area contributed by atoms with Gasteiger partial charge in [0.1, 0.15) is 0 Å². The first kappa shape index (κ1) is 21.2. The van der Waals surface area contributed by atoms with Gasteiger partial charge in [0.05, 0.1) is 23.4 Å². The smallest absolute Gasteiger partial charge is 0.230 e. The number of ether oxygens (including phenoxy) is 2. The molecule has 0 saturated carbocycles. The van der Waals surface area contributed by atoms with Crippen LogP contribution < -0.4 is 5.32 Å². The molecule has 2 atom stereocenters. The summed E-state index contributed by atoms with van der Waals surface area (Å²) in [6.45, 7) is 5.58. The van der Waals surface area contributed by atoms with Crippen LogP contribution >= 0.6 is 0 Å². The number of morpholine rings is 1. The molecule has 8 heteroatoms. The van der Waals surface area contributed by atoms with Crippen LogP contribution in [0.4, 0.5) is 0 Å². The SMILES string of the molecule is C[C@H]1CN(S(=O)(=O)CCNC(=O)C2(c3ccccc3)CCOCC2)C[C@H](C)O1. The van der Waals surface area contributed by atoms with E-state index < -0.39 is 15.4 Å². The molecule has 28 heavy (non-hydrogen) atoms. The first-order valence-corrected chi connectivity index (χ1v) is 11.5. The maximum Gasteiger partial charge on any atom is 0.230 e. The van der Waals surface area contributed by atoms with E-state index in [1.807, 2.05) is 44.2 Å². The minimum Gasteiger partial charge on any atom is -0.381 e. The average Bonchev–Trinajstić information content (AvgIpc) is 2.68. The average molecular weight is 411 g/mol. The van der Waals surface area contributed by atoms with Gasteiger partial charge < -0.3 is 14.8 Å². The molecule has 156 valence electrons. The Morgan fingerprint density at radius 3 is 2.36 bits per heavy atom. The topological polar surface area (TPSA) is 84.9 Å². The summed E-state index contributed by atoms with van der Waals surface area (Å²) in [6.07, 6.45) is 0.927. The first-order chi connectivity index (χ1) is 13.3. The maximum absolute atomic E-state index is 13.1. The van der Waals surface area contributed by atoms with E-state index in [-0.39, 0.29) is 30.4 Å². The van der Waals surface area contributed by atoms with E-state index in [0.29, 0.717) is 39.1 Å². The largest absolute Gasteiger partial charge is 0.381 e. The molecule has 0 radical (unpaired) electrons. The van der Waals surface area contributed by atoms with Crippen LogP contribution in [0.1, 0.15) is 32.3 Å². The van der Waals surface area contributed by atoms with Crippen LogP contribution in [0, 0.1) is 0 Å². The molecule has 1 aromatic rings. The minimum absolute atomic E-state index is 0.0940. The number of rotatable bonds is 6. The highest BCUT2D eigenvalue weighted by atomic mass is 32.2. The Hall–Kier alpha value is -1.48. The Labute approximate surface area is 167 Å². The molecular weight excluding hydrogens is 380 g/mol. The van der Waals surface area contributed by atoms with Crippen molar-refractivity contribution in [2.24, 2.45) is 0 Å². The van der Waals surface area contributed by atoms with E-state index in [1.54, 1.807) is 0 Å². The predicted octanol–water partition coefficient (Wildman–Crippen LogP) is 1.29. The minimum atomic E-state index is -3.45. The zero-order valence-electron chi connectivity index (χ0n) is 16.6. The third-order valence-electron chi connectivity index (χ3n) is 5.53. The molecule has 2 aliphatic rings. The molecule has 3 rings (SSSR count). The number of carbonyl (C=O) groups excluding carboxylic acids is 1. The van der Waals surface area contributed by atoms with Gasteiger partial charge in [-0.25, -0.2) is 8.42 Å². The molecule has 2 fully saturated rings. The number of hydrogen-bond donors (Lipinski definition) is 1. The maximum atomic E-state index is 13.1. The van der Waals surface area contributed by atoms with Crippen LogP contribution in [0.15, 0.2) is 30.3 Å². The van der Waals surface area contributed by atoms with Crippen LogP contribution in [0.5, 0.6) is 0 Å². The summed E-state index contributed by atoms with van der Waals surface area (Å²) in [7, 11) is -3.45. The van der Waals surface area contributed by atoms with Crippen molar-refractivity contribution in [3.05, 3.63) is 35.9 Å². The Balaban J connectivity index is 1.63. The molecular formula is C20H30N2O5S. The summed E-state index contributed by atoms with van der Waals surface area (Å²) < 4.78 is 37.9. The van der Waals surface area contributed by atoms with Crippen LogP contribution in [-0.4, -0.2) is 69.4 Å². The second kappa shape index (κ2) is 8.90. The van der Waals surface area contributed by atoms with Crippen molar-refractivity contribution < 1.29 is 22.7 Å². The molecule has 2 aliphatic heterocycles. The predicted molar refractivity (Wildman–Crippen MR) is 107 cm³/mol. The van der Waals surface area contributed by atoms with Crippen molar-refractivity contribution in [1.82, 2.24) is 9.62 Å². The molecule has 2 saturated heterocycles. The highest BCUT2D eigenvalue weighted by Gasteiger charge is 2.41. The van der Waals surface area contributed by atoms with E-state index in [2.05, 4.69) is 5.32 Å². The molecule has 0 bridgehead atoms. The summed E-state index contributed by atoms with van der Waals surface area (Å²) in [4.78, 5) is 13.1. The molecule has 1 N–H and O–H groups in total. The summed E-state index contributed by atoms with van der Waals surface area (Å²) in [5, 5.41) is 2.88. The van der Waals surface area contributed by atoms with E-state index in [0.717, 1.165) is 5.56 Å². The lowest BCUT2D eigenvalue weighted by atomic mass is 9.73. The summed E-state index contributed by atoms with van der Waals surface area (Å²) in [5.74, 6) is -0.236. The molecule has 2 heterocycles. The normalized spacial score (nSPS) is 25.9. The van der Waals surface area contributed by atoms with Crippen molar-refractivity contribution >= 4 is 15.9 Å². The molecule has 0 spiro atoms. The third-order valence-corrected chi connectivity index (χ3v) is 7.34. The number of amides is 1. The third kappa shape index (κ3) is 4.74. The van der Waals surface area contributed by atoms with Gasteiger partial charge in [-0.15, -0.1) is 0 Å². The van der Waals surface area contributed by atoms with Crippen LogP contribution in [0.25, 0.3) is 0 Å². The van der Waals surface area contributed by atoms with E-state index >= 15 is 0 Å². The molecule has 0 aliphatic carbocycles. The lowest BCUT2D eigenvalue weighted by molar-refractivity contribution is -0.130. The number of hydrogen-bond acceptors (Lipinski definition) is 5. The summed E-state index contributed by atoms with van der Waals surface area (Å²) in [5.41, 5.74) is 0.292. The van der Waals surface area contributed by atoms with Gasteiger partial charge in [-0.3, -0.25) is 4.79 Å². The number of nitrogens with zero attached hydrogens (tertiary/aromatic N) is 1. The van der Waals surface area contributed by atoms with Gasteiger partial charge in [-0.2, -0.15) is 4.31 Å². The van der Waals surface area contributed by atoms with Crippen molar-refractivity contribution in [3.8, 4) is 0 Å². The van der Waals surface area contributed by atoms with Crippen molar-refractivity contribution in [1.29, 1.82) is 0 Å². The van der Waals surface area contributed by atoms with Crippen molar-refractivity contribution in [3.63, 3.8) is 0 Å². The molecule has 0 aromatic heterocycles. The number of nitrogens with one attached hydrogen (secondary N) is 1. The summed E-state index contributed by atoms with van der Waals surface area (Å²) >= 11 is 0. The fraction of sp³-hybridized carbons (Fsp3) is 0.650. The van der Waals surface area contributed by atoms with E-state index in [4.69, 9.17) is 9.47 Å². The first-order valence-electron chi connectivity index (χ1n) is 9.88. The quantitative estimate of drug-likeness (QED) is 0.764. The Morgan fingerprint density at radius 2 is 1.75 bits per heavy atom. The highest BCUT2D eigenvalue weighted by molar-refractivity contribution is 7.89. The van der Waals surface area contributed by atoms with Gasteiger partial charge in [0.25, 0.3) is 0 Å². The van der Waals surface area contributed by atoms with Gasteiger partial charge in [-0.1, -0.05) is 30.3 Å². The lowest BCUT2D eigenvalue weighted by Gasteiger charge is -2.36. The fourth-order valence-corrected chi connectivity index (χ4v) is 5.57. The second-order valence-corrected chi connectivity index (χ2v) is 9.80. The Bertz CT molecular complexity index is 752. The number of sulfonamides is 1. The summed E-state index contributed by atoms with van der Waals surface area (Å²) in [6, 6.07) is 9.68. The molecule has 7 nitrogen and oxygen atoms in total. The zero-order valence-corrected chi connectivity index (χ0v) is 17.4. The molecule has 0 unspecified atom stereocenters. The number of benzene rings is 1. The van der Waals surface area contributed by atoms with Crippen molar-refractivity contribution in [2.45, 2.75) is 44.3 Å². The van der Waals surface area contributed by atoms with Gasteiger partial charge in [-0.05, 0) is 32.3 Å².